The number of esters is 1. The van der Waals surface area contributed by atoms with Gasteiger partial charge in [0.1, 0.15) is 28.7 Å². The summed E-state index contributed by atoms with van der Waals surface area (Å²) in [7, 11) is 0. The van der Waals surface area contributed by atoms with Crippen molar-refractivity contribution in [3.63, 3.8) is 0 Å². The fraction of sp³-hybridized carbons (Fsp3) is 0.351. The number of fused-ring (bicyclic) bond motifs is 4. The molecule has 0 bridgehead atoms. The van der Waals surface area contributed by atoms with Crippen molar-refractivity contribution in [2.75, 3.05) is 6.54 Å². The number of nitrogens with one attached hydrogen (secondary N) is 2. The van der Waals surface area contributed by atoms with Gasteiger partial charge in [-0.05, 0) is 69.9 Å². The van der Waals surface area contributed by atoms with E-state index in [1.54, 1.807) is 29.5 Å². The second-order valence-corrected chi connectivity index (χ2v) is 14.7. The van der Waals surface area contributed by atoms with Crippen LogP contribution in [0.3, 0.4) is 0 Å². The molecule has 2 N–H and O–H groups in total. The summed E-state index contributed by atoms with van der Waals surface area (Å²) in [5, 5.41) is 15.6. The molecule has 2 aromatic heterocycles. The van der Waals surface area contributed by atoms with Gasteiger partial charge in [0, 0.05) is 51.5 Å². The number of carbonyl (C=O) groups is 5. The van der Waals surface area contributed by atoms with Crippen LogP contribution in [0, 0.1) is 20.8 Å². The molecule has 0 saturated carbocycles. The van der Waals surface area contributed by atoms with Crippen LogP contribution in [0.4, 0.5) is 0 Å². The van der Waals surface area contributed by atoms with Crippen molar-refractivity contribution >= 4 is 58.2 Å². The lowest BCUT2D eigenvalue weighted by Crippen LogP contribution is -2.52. The lowest BCUT2D eigenvalue weighted by atomic mass is 9.99. The first-order valence-corrected chi connectivity index (χ1v) is 18.3. The molecular formula is C37H36ClN7O6S. The number of ether oxygens (including phenoxy) is 1. The summed E-state index contributed by atoms with van der Waals surface area (Å²) in [6.07, 6.45) is 1.54. The van der Waals surface area contributed by atoms with Crippen LogP contribution < -0.4 is 15.4 Å². The highest BCUT2D eigenvalue weighted by molar-refractivity contribution is 7.15. The van der Waals surface area contributed by atoms with Crippen molar-refractivity contribution in [3.8, 4) is 10.8 Å². The number of aryl methyl sites for hydroxylation is 2. The maximum atomic E-state index is 13.3. The second-order valence-electron chi connectivity index (χ2n) is 13.1. The average molecular weight is 742 g/mol. The summed E-state index contributed by atoms with van der Waals surface area (Å²) in [6, 6.07) is 11.0. The Morgan fingerprint density at radius 3 is 2.62 bits per heavy atom. The summed E-state index contributed by atoms with van der Waals surface area (Å²) in [5.74, 6) is -0.316. The molecule has 268 valence electrons. The number of amides is 4. The van der Waals surface area contributed by atoms with E-state index in [1.807, 2.05) is 35.8 Å². The van der Waals surface area contributed by atoms with Gasteiger partial charge in [0.25, 0.3) is 5.91 Å². The van der Waals surface area contributed by atoms with Crippen LogP contribution in [0.25, 0.3) is 5.00 Å². The van der Waals surface area contributed by atoms with E-state index in [0.29, 0.717) is 47.2 Å². The van der Waals surface area contributed by atoms with E-state index in [2.05, 4.69) is 34.7 Å². The summed E-state index contributed by atoms with van der Waals surface area (Å²) < 4.78 is 7.65. The number of benzene rings is 2. The van der Waals surface area contributed by atoms with Gasteiger partial charge < -0.3 is 15.0 Å². The highest BCUT2D eigenvalue weighted by Gasteiger charge is 2.40. The molecule has 52 heavy (non-hydrogen) atoms. The van der Waals surface area contributed by atoms with Gasteiger partial charge in [-0.1, -0.05) is 29.8 Å². The number of aromatic nitrogens is 3. The van der Waals surface area contributed by atoms with Gasteiger partial charge in [-0.3, -0.25) is 38.8 Å². The molecule has 4 aromatic rings. The Labute approximate surface area is 308 Å². The fourth-order valence-corrected chi connectivity index (χ4v) is 8.17. The quantitative estimate of drug-likeness (QED) is 0.101. The van der Waals surface area contributed by atoms with E-state index in [9.17, 15) is 24.0 Å². The lowest BCUT2D eigenvalue weighted by Gasteiger charge is -2.29. The molecule has 13 nitrogen and oxygen atoms in total. The minimum atomic E-state index is -0.763. The van der Waals surface area contributed by atoms with Gasteiger partial charge in [-0.2, -0.15) is 0 Å². The number of aliphatic imine (C=N–C) groups is 1. The zero-order valence-electron chi connectivity index (χ0n) is 28.8. The van der Waals surface area contributed by atoms with Gasteiger partial charge in [0.05, 0.1) is 18.7 Å². The SMILES string of the molecule is Cc1sc2c(c1C)C(c1ccc(Cl)cc1)=N[C@@H](CC(=O)NCCCCC(=O)Oc1cccc3c1CN(C1CCC(=O)NC1=O)C3=O)c1nnc(C)n1-2. The Morgan fingerprint density at radius 1 is 1.06 bits per heavy atom. The molecule has 5 heterocycles. The molecule has 2 atom stereocenters. The zero-order valence-corrected chi connectivity index (χ0v) is 30.4. The van der Waals surface area contributed by atoms with E-state index >= 15 is 0 Å². The topological polar surface area (TPSA) is 165 Å². The smallest absolute Gasteiger partial charge is 0.311 e. The van der Waals surface area contributed by atoms with Crippen LogP contribution in [0.1, 0.15) is 93.7 Å². The number of rotatable bonds is 10. The number of hydrogen-bond donors (Lipinski definition) is 2. The predicted octanol–water partition coefficient (Wildman–Crippen LogP) is 4.84. The number of hydrogen-bond acceptors (Lipinski definition) is 10. The van der Waals surface area contributed by atoms with Gasteiger partial charge in [-0.25, -0.2) is 0 Å². The minimum absolute atomic E-state index is 0.0535. The van der Waals surface area contributed by atoms with Gasteiger partial charge in [0.15, 0.2) is 5.82 Å². The Kier molecular flexibility index (Phi) is 9.77. The van der Waals surface area contributed by atoms with Crippen LogP contribution in [0.5, 0.6) is 5.75 Å². The number of unbranched alkanes of at least 4 members (excludes halogenated alkanes) is 1. The number of thiophene rings is 1. The third-order valence-corrected chi connectivity index (χ3v) is 11.1. The van der Waals surface area contributed by atoms with Gasteiger partial charge in [-0.15, -0.1) is 21.5 Å². The molecular weight excluding hydrogens is 706 g/mol. The first-order chi connectivity index (χ1) is 25.0. The molecule has 1 unspecified atom stereocenters. The zero-order chi connectivity index (χ0) is 36.7. The highest BCUT2D eigenvalue weighted by Crippen LogP contribution is 2.40. The van der Waals surface area contributed by atoms with Crippen LogP contribution in [-0.2, 0) is 25.7 Å². The molecule has 7 rings (SSSR count). The van der Waals surface area contributed by atoms with E-state index < -0.39 is 24.0 Å². The fourth-order valence-electron chi connectivity index (χ4n) is 6.83. The van der Waals surface area contributed by atoms with Crippen molar-refractivity contribution in [2.45, 2.75) is 77.9 Å². The first kappa shape index (κ1) is 35.2. The molecule has 0 aliphatic carbocycles. The molecule has 4 amide bonds. The Hall–Kier alpha value is -5.21. The molecule has 0 spiro atoms. The third-order valence-electron chi connectivity index (χ3n) is 9.63. The maximum absolute atomic E-state index is 13.3. The lowest BCUT2D eigenvalue weighted by molar-refractivity contribution is -0.137. The van der Waals surface area contributed by atoms with Gasteiger partial charge in [0.2, 0.25) is 17.7 Å². The summed E-state index contributed by atoms with van der Waals surface area (Å²) >= 11 is 7.85. The normalized spacial score (nSPS) is 17.9. The van der Waals surface area contributed by atoms with Crippen molar-refractivity contribution in [3.05, 3.63) is 91.8 Å². The Morgan fingerprint density at radius 2 is 1.85 bits per heavy atom. The number of imide groups is 1. The van der Waals surface area contributed by atoms with Crippen LogP contribution >= 0.6 is 22.9 Å². The molecule has 1 fully saturated rings. The van der Waals surface area contributed by atoms with E-state index in [1.165, 1.54) is 4.90 Å². The number of halogens is 1. The highest BCUT2D eigenvalue weighted by atomic mass is 35.5. The molecule has 1 saturated heterocycles. The average Bonchev–Trinajstić information content (AvgIpc) is 3.72. The number of carbonyl (C=O) groups excluding carboxylic acids is 5. The minimum Gasteiger partial charge on any atom is -0.426 e. The van der Waals surface area contributed by atoms with Crippen molar-refractivity contribution in [1.82, 2.24) is 30.3 Å². The molecule has 15 heteroatoms. The largest absolute Gasteiger partial charge is 0.426 e. The maximum Gasteiger partial charge on any atom is 0.311 e. The Balaban J connectivity index is 0.955. The number of piperidine rings is 1. The monoisotopic (exact) mass is 741 g/mol. The molecule has 3 aliphatic rings. The van der Waals surface area contributed by atoms with Crippen molar-refractivity contribution < 1.29 is 28.7 Å². The molecule has 0 radical (unpaired) electrons. The van der Waals surface area contributed by atoms with Crippen LogP contribution in [-0.4, -0.2) is 67.6 Å². The van der Waals surface area contributed by atoms with Crippen molar-refractivity contribution in [1.29, 1.82) is 0 Å². The summed E-state index contributed by atoms with van der Waals surface area (Å²) in [4.78, 5) is 70.9. The predicted molar refractivity (Wildman–Crippen MR) is 193 cm³/mol. The first-order valence-electron chi connectivity index (χ1n) is 17.1. The summed E-state index contributed by atoms with van der Waals surface area (Å²) in [5.41, 5.74) is 4.65. The van der Waals surface area contributed by atoms with E-state index in [-0.39, 0.29) is 55.7 Å². The van der Waals surface area contributed by atoms with Crippen LogP contribution in [0.15, 0.2) is 47.5 Å². The van der Waals surface area contributed by atoms with Crippen molar-refractivity contribution in [2.24, 2.45) is 4.99 Å². The standard InChI is InChI=1S/C37H36ClN7O6S/c1-19-20(2)52-37-32(19)33(22-10-12-23(38)13-11-22)40-26(34-43-42-21(3)45(34)37)17-30(47)39-16-5-4-9-31(48)51-28-8-6-7-24-25(28)18-44(36(24)50)27-14-15-29(46)41-35(27)49/h6-8,10-13,26-27H,4-5,9,14-18H2,1-3H3,(H,39,47)(H,41,46,49)/t26-,27?/m0/s1. The number of nitrogens with zero attached hydrogens (tertiary/aromatic N) is 5. The van der Waals surface area contributed by atoms with E-state index in [0.717, 1.165) is 32.3 Å². The van der Waals surface area contributed by atoms with E-state index in [4.69, 9.17) is 21.3 Å². The summed E-state index contributed by atoms with van der Waals surface area (Å²) in [6.45, 7) is 6.49. The van der Waals surface area contributed by atoms with Crippen LogP contribution in [0.2, 0.25) is 5.02 Å². The second kappa shape index (κ2) is 14.4. The van der Waals surface area contributed by atoms with Gasteiger partial charge >= 0.3 is 5.97 Å². The Bertz CT molecular complexity index is 2160. The molecule has 2 aromatic carbocycles. The molecule has 3 aliphatic heterocycles. The third kappa shape index (κ3) is 6.75.